The maximum absolute atomic E-state index is 8.73. The molecule has 0 spiro atoms. The second-order valence-corrected chi connectivity index (χ2v) is 4.40. The monoisotopic (exact) mass is 221 g/mol. The number of methoxy groups -OCH3 is 1. The van der Waals surface area contributed by atoms with Gasteiger partial charge in [-0.1, -0.05) is 6.07 Å². The van der Waals surface area contributed by atoms with Crippen molar-refractivity contribution in [3.8, 4) is 6.07 Å². The molecule has 0 bridgehead atoms. The number of hydrogen-bond acceptors (Lipinski definition) is 3. The van der Waals surface area contributed by atoms with Crippen LogP contribution in [0, 0.1) is 18.3 Å². The van der Waals surface area contributed by atoms with Crippen molar-refractivity contribution >= 4 is 11.8 Å². The van der Waals surface area contributed by atoms with Crippen molar-refractivity contribution in [3.05, 3.63) is 34.9 Å². The van der Waals surface area contributed by atoms with Crippen LogP contribution in [0.2, 0.25) is 0 Å². The number of nitriles is 1. The molecule has 0 aliphatic heterocycles. The van der Waals surface area contributed by atoms with E-state index in [4.69, 9.17) is 10.00 Å². The van der Waals surface area contributed by atoms with Crippen LogP contribution in [0.4, 0.5) is 0 Å². The molecule has 1 aromatic rings. The zero-order chi connectivity index (χ0) is 11.1. The quantitative estimate of drug-likeness (QED) is 0.717. The Kier molecular flexibility index (Phi) is 5.23. The molecule has 0 atom stereocenters. The van der Waals surface area contributed by atoms with Gasteiger partial charge in [-0.3, -0.25) is 0 Å². The van der Waals surface area contributed by atoms with Gasteiger partial charge in [-0.05, 0) is 30.2 Å². The summed E-state index contributed by atoms with van der Waals surface area (Å²) in [7, 11) is 1.72. The van der Waals surface area contributed by atoms with E-state index in [1.165, 1.54) is 11.1 Å². The Morgan fingerprint density at radius 3 is 2.87 bits per heavy atom. The van der Waals surface area contributed by atoms with E-state index in [0.717, 1.165) is 23.7 Å². The number of aryl methyl sites for hydroxylation is 1. The van der Waals surface area contributed by atoms with Gasteiger partial charge in [0.05, 0.1) is 18.2 Å². The van der Waals surface area contributed by atoms with Gasteiger partial charge in [-0.25, -0.2) is 0 Å². The summed E-state index contributed by atoms with van der Waals surface area (Å²) in [5, 5.41) is 8.73. The number of nitrogens with zero attached hydrogens (tertiary/aromatic N) is 1. The minimum absolute atomic E-state index is 0.734. The Balaban J connectivity index is 2.52. The van der Waals surface area contributed by atoms with Crippen LogP contribution in [0.3, 0.4) is 0 Å². The van der Waals surface area contributed by atoms with E-state index in [9.17, 15) is 0 Å². The summed E-state index contributed by atoms with van der Waals surface area (Å²) in [5.41, 5.74) is 3.23. The highest BCUT2D eigenvalue weighted by molar-refractivity contribution is 7.98. The number of ether oxygens (including phenoxy) is 1. The van der Waals surface area contributed by atoms with E-state index in [2.05, 4.69) is 6.07 Å². The first-order chi connectivity index (χ1) is 7.27. The van der Waals surface area contributed by atoms with Gasteiger partial charge < -0.3 is 4.74 Å². The van der Waals surface area contributed by atoms with Crippen LogP contribution in [-0.2, 0) is 10.5 Å². The lowest BCUT2D eigenvalue weighted by Gasteiger charge is -2.05. The molecule has 1 aromatic carbocycles. The Hall–Kier alpha value is -0.980. The van der Waals surface area contributed by atoms with Gasteiger partial charge in [0.15, 0.2) is 0 Å². The molecule has 0 saturated carbocycles. The smallest absolute Gasteiger partial charge is 0.0991 e. The molecule has 0 unspecified atom stereocenters. The highest BCUT2D eigenvalue weighted by atomic mass is 32.2. The molecule has 0 N–H and O–H groups in total. The van der Waals surface area contributed by atoms with Gasteiger partial charge in [-0.2, -0.15) is 17.0 Å². The van der Waals surface area contributed by atoms with Crippen LogP contribution in [0.15, 0.2) is 18.2 Å². The highest BCUT2D eigenvalue weighted by Gasteiger charge is 1.99. The van der Waals surface area contributed by atoms with Crippen LogP contribution < -0.4 is 0 Å². The second-order valence-electron chi connectivity index (χ2n) is 3.30. The minimum atomic E-state index is 0.734. The summed E-state index contributed by atoms with van der Waals surface area (Å²) in [6.45, 7) is 2.84. The summed E-state index contributed by atoms with van der Waals surface area (Å²) >= 11 is 1.85. The lowest BCUT2D eigenvalue weighted by Crippen LogP contribution is -1.94. The Labute approximate surface area is 95.3 Å². The lowest BCUT2D eigenvalue weighted by atomic mass is 10.1. The number of hydrogen-bond donors (Lipinski definition) is 0. The zero-order valence-electron chi connectivity index (χ0n) is 9.12. The third kappa shape index (κ3) is 3.94. The zero-order valence-corrected chi connectivity index (χ0v) is 9.93. The Morgan fingerprint density at radius 2 is 2.27 bits per heavy atom. The van der Waals surface area contributed by atoms with E-state index >= 15 is 0 Å². The molecule has 2 nitrogen and oxygen atoms in total. The maximum Gasteiger partial charge on any atom is 0.0991 e. The molecule has 0 radical (unpaired) electrons. The van der Waals surface area contributed by atoms with E-state index in [-0.39, 0.29) is 0 Å². The van der Waals surface area contributed by atoms with Crippen LogP contribution in [0.25, 0.3) is 0 Å². The molecule has 0 amide bonds. The first-order valence-electron chi connectivity index (χ1n) is 4.84. The fraction of sp³-hybridized carbons (Fsp3) is 0.417. The minimum Gasteiger partial charge on any atom is -0.384 e. The van der Waals surface area contributed by atoms with Crippen LogP contribution in [-0.4, -0.2) is 19.5 Å². The van der Waals surface area contributed by atoms with Crippen molar-refractivity contribution in [2.45, 2.75) is 12.7 Å². The largest absolute Gasteiger partial charge is 0.384 e. The fourth-order valence-corrected chi connectivity index (χ4v) is 2.22. The first kappa shape index (κ1) is 12.1. The summed E-state index contributed by atoms with van der Waals surface area (Å²) in [5.74, 6) is 2.00. The standard InChI is InChI=1S/C12H15NOS/c1-10-7-11(8-13)3-4-12(10)9-15-6-5-14-2/h3-4,7H,5-6,9H2,1-2H3. The van der Waals surface area contributed by atoms with Gasteiger partial charge in [0.25, 0.3) is 0 Å². The van der Waals surface area contributed by atoms with Crippen molar-refractivity contribution in [1.29, 1.82) is 5.26 Å². The summed E-state index contributed by atoms with van der Waals surface area (Å²) in [4.78, 5) is 0. The van der Waals surface area contributed by atoms with Gasteiger partial charge in [0.1, 0.15) is 0 Å². The third-order valence-corrected chi connectivity index (χ3v) is 3.13. The van der Waals surface area contributed by atoms with Crippen molar-refractivity contribution in [3.63, 3.8) is 0 Å². The molecule has 1 rings (SSSR count). The lowest BCUT2D eigenvalue weighted by molar-refractivity contribution is 0.218. The average Bonchev–Trinajstić information content (AvgIpc) is 2.26. The average molecular weight is 221 g/mol. The number of benzene rings is 1. The molecule has 0 aromatic heterocycles. The van der Waals surface area contributed by atoms with E-state index in [1.54, 1.807) is 7.11 Å². The summed E-state index contributed by atoms with van der Waals surface area (Å²) in [6, 6.07) is 7.99. The van der Waals surface area contributed by atoms with Crippen molar-refractivity contribution in [2.24, 2.45) is 0 Å². The fourth-order valence-electron chi connectivity index (χ4n) is 1.25. The topological polar surface area (TPSA) is 33.0 Å². The molecule has 0 aliphatic carbocycles. The molecule has 80 valence electrons. The SMILES string of the molecule is COCCSCc1ccc(C#N)cc1C. The second kappa shape index (κ2) is 6.49. The van der Waals surface area contributed by atoms with Gasteiger partial charge in [0.2, 0.25) is 0 Å². The van der Waals surface area contributed by atoms with Crippen molar-refractivity contribution < 1.29 is 4.74 Å². The first-order valence-corrected chi connectivity index (χ1v) is 5.99. The third-order valence-electron chi connectivity index (χ3n) is 2.16. The van der Waals surface area contributed by atoms with E-state index in [0.29, 0.717) is 0 Å². The molecule has 15 heavy (non-hydrogen) atoms. The highest BCUT2D eigenvalue weighted by Crippen LogP contribution is 2.17. The van der Waals surface area contributed by atoms with Crippen molar-refractivity contribution in [2.75, 3.05) is 19.5 Å². The summed E-state index contributed by atoms with van der Waals surface area (Å²) in [6.07, 6.45) is 0. The number of thioether (sulfide) groups is 1. The van der Waals surface area contributed by atoms with Crippen LogP contribution in [0.1, 0.15) is 16.7 Å². The molecule has 3 heteroatoms. The van der Waals surface area contributed by atoms with Crippen molar-refractivity contribution in [1.82, 2.24) is 0 Å². The van der Waals surface area contributed by atoms with Gasteiger partial charge in [0, 0.05) is 18.6 Å². The number of rotatable bonds is 5. The predicted octanol–water partition coefficient (Wildman–Crippen LogP) is 2.75. The van der Waals surface area contributed by atoms with Crippen LogP contribution in [0.5, 0.6) is 0 Å². The Bertz CT molecular complexity index is 357. The van der Waals surface area contributed by atoms with Gasteiger partial charge in [-0.15, -0.1) is 0 Å². The normalized spacial score (nSPS) is 9.93. The maximum atomic E-state index is 8.73. The van der Waals surface area contributed by atoms with Gasteiger partial charge >= 0.3 is 0 Å². The molecule has 0 saturated heterocycles. The molecule has 0 heterocycles. The molecular weight excluding hydrogens is 206 g/mol. The molecular formula is C12H15NOS. The molecule has 0 aliphatic rings. The summed E-state index contributed by atoms with van der Waals surface area (Å²) < 4.78 is 4.98. The van der Waals surface area contributed by atoms with Crippen LogP contribution >= 0.6 is 11.8 Å². The Morgan fingerprint density at radius 1 is 1.47 bits per heavy atom. The van der Waals surface area contributed by atoms with E-state index in [1.807, 2.05) is 36.9 Å². The predicted molar refractivity (Wildman–Crippen MR) is 63.9 cm³/mol. The van der Waals surface area contributed by atoms with E-state index < -0.39 is 0 Å². The molecule has 0 fully saturated rings.